The lowest BCUT2D eigenvalue weighted by molar-refractivity contribution is 0.00578. The van der Waals surface area contributed by atoms with Crippen LogP contribution in [-0.2, 0) is 14.0 Å². The van der Waals surface area contributed by atoms with Crippen LogP contribution in [0.2, 0.25) is 6.32 Å². The smallest absolute Gasteiger partial charge is 0.403 e. The lowest BCUT2D eigenvalue weighted by Crippen LogP contribution is -2.41. The predicted octanol–water partition coefficient (Wildman–Crippen LogP) is 1.85. The molecule has 2 fully saturated rings. The SMILES string of the molecule is CC1(C)OB(CCC2COCCCN2)OC1(C)C. The average Bonchev–Trinajstić information content (AvgIpc) is 2.49. The molecule has 0 bridgehead atoms. The Labute approximate surface area is 111 Å². The minimum Gasteiger partial charge on any atom is -0.403 e. The van der Waals surface area contributed by atoms with Crippen LogP contribution in [0.1, 0.15) is 40.5 Å². The van der Waals surface area contributed by atoms with Gasteiger partial charge >= 0.3 is 7.12 Å². The molecule has 0 aromatic rings. The zero-order chi connectivity index (χ0) is 13.2. The van der Waals surface area contributed by atoms with Crippen molar-refractivity contribution in [1.82, 2.24) is 5.32 Å². The Morgan fingerprint density at radius 2 is 1.83 bits per heavy atom. The van der Waals surface area contributed by atoms with E-state index in [4.69, 9.17) is 14.0 Å². The molecule has 0 aromatic carbocycles. The Bertz CT molecular complexity index is 259. The zero-order valence-corrected chi connectivity index (χ0v) is 12.1. The second-order valence-electron chi connectivity index (χ2n) is 6.34. The van der Waals surface area contributed by atoms with Gasteiger partial charge in [0.15, 0.2) is 0 Å². The van der Waals surface area contributed by atoms with E-state index in [1.807, 2.05) is 0 Å². The summed E-state index contributed by atoms with van der Waals surface area (Å²) < 4.78 is 17.6. The quantitative estimate of drug-likeness (QED) is 0.781. The second-order valence-corrected chi connectivity index (χ2v) is 6.34. The molecule has 0 radical (unpaired) electrons. The van der Waals surface area contributed by atoms with Crippen molar-refractivity contribution in [3.05, 3.63) is 0 Å². The molecule has 1 unspecified atom stereocenters. The maximum atomic E-state index is 6.00. The third-order valence-corrected chi connectivity index (χ3v) is 4.27. The zero-order valence-electron chi connectivity index (χ0n) is 12.1. The van der Waals surface area contributed by atoms with Gasteiger partial charge in [0.2, 0.25) is 0 Å². The molecule has 2 rings (SSSR count). The van der Waals surface area contributed by atoms with Gasteiger partial charge in [-0.2, -0.15) is 0 Å². The molecule has 18 heavy (non-hydrogen) atoms. The fourth-order valence-electron chi connectivity index (χ4n) is 2.37. The topological polar surface area (TPSA) is 39.7 Å². The average molecular weight is 255 g/mol. The molecule has 4 nitrogen and oxygen atoms in total. The summed E-state index contributed by atoms with van der Waals surface area (Å²) in [4.78, 5) is 0. The highest BCUT2D eigenvalue weighted by molar-refractivity contribution is 6.45. The lowest BCUT2D eigenvalue weighted by atomic mass is 9.81. The van der Waals surface area contributed by atoms with Crippen LogP contribution in [0.25, 0.3) is 0 Å². The van der Waals surface area contributed by atoms with Crippen molar-refractivity contribution in [3.8, 4) is 0 Å². The first kappa shape index (κ1) is 14.3. The highest BCUT2D eigenvalue weighted by Crippen LogP contribution is 2.38. The first-order valence-corrected chi connectivity index (χ1v) is 7.07. The summed E-state index contributed by atoms with van der Waals surface area (Å²) >= 11 is 0. The van der Waals surface area contributed by atoms with Crippen LogP contribution in [0.4, 0.5) is 0 Å². The summed E-state index contributed by atoms with van der Waals surface area (Å²) in [5.74, 6) is 0. The summed E-state index contributed by atoms with van der Waals surface area (Å²) in [5.41, 5.74) is -0.434. The molecule has 0 aliphatic carbocycles. The fourth-order valence-corrected chi connectivity index (χ4v) is 2.37. The molecule has 2 aliphatic rings. The Hall–Kier alpha value is -0.0951. The molecule has 0 amide bonds. The Balaban J connectivity index is 1.78. The highest BCUT2D eigenvalue weighted by atomic mass is 16.7. The number of nitrogens with one attached hydrogen (secondary N) is 1. The van der Waals surface area contributed by atoms with Crippen LogP contribution in [0.3, 0.4) is 0 Å². The summed E-state index contributed by atoms with van der Waals surface area (Å²) in [6, 6.07) is 0.437. The van der Waals surface area contributed by atoms with Gasteiger partial charge in [-0.05, 0) is 53.4 Å². The maximum Gasteiger partial charge on any atom is 0.457 e. The minimum absolute atomic E-state index is 0.0833. The largest absolute Gasteiger partial charge is 0.457 e. The van der Waals surface area contributed by atoms with E-state index in [0.717, 1.165) is 38.9 Å². The molecular formula is C13H26BNO3. The molecule has 1 atom stereocenters. The van der Waals surface area contributed by atoms with E-state index in [1.165, 1.54) is 0 Å². The monoisotopic (exact) mass is 255 g/mol. The summed E-state index contributed by atoms with van der Waals surface area (Å²) in [5, 5.41) is 3.51. The van der Waals surface area contributed by atoms with E-state index in [2.05, 4.69) is 33.0 Å². The van der Waals surface area contributed by atoms with E-state index in [9.17, 15) is 0 Å². The molecule has 0 spiro atoms. The van der Waals surface area contributed by atoms with Crippen molar-refractivity contribution in [2.24, 2.45) is 0 Å². The van der Waals surface area contributed by atoms with Gasteiger partial charge in [-0.25, -0.2) is 0 Å². The molecule has 0 aromatic heterocycles. The molecule has 1 N–H and O–H groups in total. The van der Waals surface area contributed by atoms with E-state index >= 15 is 0 Å². The van der Waals surface area contributed by atoms with Crippen LogP contribution in [0.5, 0.6) is 0 Å². The van der Waals surface area contributed by atoms with Gasteiger partial charge in [0.05, 0.1) is 17.8 Å². The fraction of sp³-hybridized carbons (Fsp3) is 1.00. The number of rotatable bonds is 3. The van der Waals surface area contributed by atoms with Crippen LogP contribution in [-0.4, -0.2) is 44.1 Å². The van der Waals surface area contributed by atoms with Crippen LogP contribution in [0, 0.1) is 0 Å². The standard InChI is InChI=1S/C13H26BNO3/c1-12(2)13(3,4)18-14(17-12)7-6-11-10-16-9-5-8-15-11/h11,15H,5-10H2,1-4H3. The summed E-state index contributed by atoms with van der Waals surface area (Å²) in [6.07, 6.45) is 3.07. The third kappa shape index (κ3) is 3.26. The van der Waals surface area contributed by atoms with Crippen molar-refractivity contribution in [3.63, 3.8) is 0 Å². The molecule has 5 heteroatoms. The van der Waals surface area contributed by atoms with E-state index in [0.29, 0.717) is 6.04 Å². The van der Waals surface area contributed by atoms with Gasteiger partial charge in [0.1, 0.15) is 0 Å². The first-order chi connectivity index (χ1) is 8.41. The number of hydrogen-bond donors (Lipinski definition) is 1. The van der Waals surface area contributed by atoms with Crippen LogP contribution in [0.15, 0.2) is 0 Å². The highest BCUT2D eigenvalue weighted by Gasteiger charge is 2.50. The Kier molecular flexibility index (Phi) is 4.37. The molecule has 2 heterocycles. The molecule has 2 aliphatic heterocycles. The maximum absolute atomic E-state index is 6.00. The van der Waals surface area contributed by atoms with Crippen molar-refractivity contribution < 1.29 is 14.0 Å². The van der Waals surface area contributed by atoms with Gasteiger partial charge in [0, 0.05) is 12.6 Å². The van der Waals surface area contributed by atoms with Gasteiger partial charge in [0.25, 0.3) is 0 Å². The van der Waals surface area contributed by atoms with Gasteiger partial charge < -0.3 is 19.4 Å². The van der Waals surface area contributed by atoms with E-state index in [-0.39, 0.29) is 18.3 Å². The normalized spacial score (nSPS) is 31.3. The summed E-state index contributed by atoms with van der Waals surface area (Å²) in [7, 11) is -0.0833. The predicted molar refractivity (Wildman–Crippen MR) is 72.7 cm³/mol. The Morgan fingerprint density at radius 1 is 1.17 bits per heavy atom. The first-order valence-electron chi connectivity index (χ1n) is 7.07. The van der Waals surface area contributed by atoms with Gasteiger partial charge in [-0.3, -0.25) is 0 Å². The number of hydrogen-bond acceptors (Lipinski definition) is 4. The van der Waals surface area contributed by atoms with Crippen molar-refractivity contribution in [2.45, 2.75) is 64.1 Å². The number of ether oxygens (including phenoxy) is 1. The molecule has 0 saturated carbocycles. The van der Waals surface area contributed by atoms with Crippen molar-refractivity contribution >= 4 is 7.12 Å². The minimum atomic E-state index is -0.217. The summed E-state index contributed by atoms with van der Waals surface area (Å²) in [6.45, 7) is 11.1. The van der Waals surface area contributed by atoms with Crippen molar-refractivity contribution in [2.75, 3.05) is 19.8 Å². The molecular weight excluding hydrogens is 229 g/mol. The van der Waals surface area contributed by atoms with Crippen LogP contribution < -0.4 is 5.32 Å². The Morgan fingerprint density at radius 3 is 2.50 bits per heavy atom. The molecule has 104 valence electrons. The van der Waals surface area contributed by atoms with E-state index < -0.39 is 0 Å². The third-order valence-electron chi connectivity index (χ3n) is 4.27. The van der Waals surface area contributed by atoms with Crippen molar-refractivity contribution in [1.29, 1.82) is 0 Å². The van der Waals surface area contributed by atoms with E-state index in [1.54, 1.807) is 0 Å². The van der Waals surface area contributed by atoms with Gasteiger partial charge in [-0.1, -0.05) is 0 Å². The van der Waals surface area contributed by atoms with Crippen LogP contribution >= 0.6 is 0 Å². The second kappa shape index (κ2) is 5.49. The molecule has 2 saturated heterocycles. The lowest BCUT2D eigenvalue weighted by Gasteiger charge is -2.32. The van der Waals surface area contributed by atoms with Gasteiger partial charge in [-0.15, -0.1) is 0 Å².